The van der Waals surface area contributed by atoms with E-state index in [0.717, 1.165) is 49.3 Å². The van der Waals surface area contributed by atoms with E-state index in [4.69, 9.17) is 5.11 Å². The Labute approximate surface area is 93.5 Å². The quantitative estimate of drug-likeness (QED) is 0.768. The third kappa shape index (κ3) is 1.43. The van der Waals surface area contributed by atoms with Crippen molar-refractivity contribution in [2.24, 2.45) is 5.92 Å². The predicted octanol–water partition coefficient (Wildman–Crippen LogP) is 0.591. The zero-order valence-corrected chi connectivity index (χ0v) is 9.07. The van der Waals surface area contributed by atoms with Gasteiger partial charge in [-0.2, -0.15) is 5.10 Å². The molecular weight excluding hydrogens is 206 g/mol. The highest BCUT2D eigenvalue weighted by atomic mass is 16.3. The molecule has 0 radical (unpaired) electrons. The Morgan fingerprint density at radius 1 is 1.56 bits per heavy atom. The van der Waals surface area contributed by atoms with Gasteiger partial charge in [-0.3, -0.25) is 14.8 Å². The Morgan fingerprint density at radius 2 is 2.38 bits per heavy atom. The van der Waals surface area contributed by atoms with Crippen LogP contribution < -0.4 is 4.90 Å². The third-order valence-corrected chi connectivity index (χ3v) is 3.35. The number of nitrogens with zero attached hydrogens (tertiary/aromatic N) is 2. The van der Waals surface area contributed by atoms with Gasteiger partial charge in [0.15, 0.2) is 5.82 Å². The molecule has 0 bridgehead atoms. The van der Waals surface area contributed by atoms with Gasteiger partial charge >= 0.3 is 0 Å². The molecule has 5 heteroatoms. The molecule has 2 aliphatic rings. The van der Waals surface area contributed by atoms with Crippen LogP contribution in [-0.2, 0) is 17.8 Å². The van der Waals surface area contributed by atoms with Crippen molar-refractivity contribution >= 4 is 11.7 Å². The molecular formula is C11H15N3O2. The van der Waals surface area contributed by atoms with Crippen molar-refractivity contribution in [3.05, 3.63) is 11.3 Å². The minimum atomic E-state index is -0.0339. The van der Waals surface area contributed by atoms with Crippen LogP contribution >= 0.6 is 0 Å². The number of hydrogen-bond donors (Lipinski definition) is 2. The summed E-state index contributed by atoms with van der Waals surface area (Å²) in [7, 11) is 0. The number of aromatic amines is 1. The highest BCUT2D eigenvalue weighted by Crippen LogP contribution is 2.35. The van der Waals surface area contributed by atoms with Crippen LogP contribution in [0.1, 0.15) is 30.5 Å². The van der Waals surface area contributed by atoms with Crippen LogP contribution in [0.2, 0.25) is 0 Å². The lowest BCUT2D eigenvalue weighted by Crippen LogP contribution is -2.36. The lowest BCUT2D eigenvalue weighted by molar-refractivity contribution is -0.119. The number of nitrogens with one attached hydrogen (secondary N) is 1. The van der Waals surface area contributed by atoms with Gasteiger partial charge in [-0.05, 0) is 25.7 Å². The Balaban J connectivity index is 1.93. The average Bonchev–Trinajstić information content (AvgIpc) is 3.07. The molecule has 1 aliphatic carbocycles. The van der Waals surface area contributed by atoms with Gasteiger partial charge in [-0.15, -0.1) is 0 Å². The van der Waals surface area contributed by atoms with E-state index in [1.165, 1.54) is 0 Å². The van der Waals surface area contributed by atoms with Crippen LogP contribution in [0.15, 0.2) is 0 Å². The summed E-state index contributed by atoms with van der Waals surface area (Å²) < 4.78 is 0. The van der Waals surface area contributed by atoms with Crippen LogP contribution in [0.3, 0.4) is 0 Å². The number of rotatable bonds is 2. The molecule has 2 heterocycles. The number of amides is 1. The summed E-state index contributed by atoms with van der Waals surface area (Å²) in [6, 6.07) is 0. The zero-order valence-electron chi connectivity index (χ0n) is 9.07. The summed E-state index contributed by atoms with van der Waals surface area (Å²) in [6.45, 7) is 0.728. The number of aromatic nitrogens is 2. The van der Waals surface area contributed by atoms with E-state index in [9.17, 15) is 4.79 Å². The van der Waals surface area contributed by atoms with Crippen LogP contribution in [0, 0.1) is 5.92 Å². The molecule has 5 nitrogen and oxygen atoms in total. The Morgan fingerprint density at radius 3 is 3.06 bits per heavy atom. The molecule has 1 aliphatic heterocycles. The van der Waals surface area contributed by atoms with Crippen LogP contribution in [-0.4, -0.2) is 27.8 Å². The van der Waals surface area contributed by atoms with Crippen LogP contribution in [0.5, 0.6) is 0 Å². The molecule has 0 saturated heterocycles. The second-order valence-electron chi connectivity index (χ2n) is 4.53. The first-order valence-electron chi connectivity index (χ1n) is 5.79. The minimum absolute atomic E-state index is 0.0339. The van der Waals surface area contributed by atoms with E-state index in [-0.39, 0.29) is 18.4 Å². The second kappa shape index (κ2) is 3.59. The maximum absolute atomic E-state index is 12.0. The van der Waals surface area contributed by atoms with Crippen LogP contribution in [0.25, 0.3) is 0 Å². The van der Waals surface area contributed by atoms with Crippen molar-refractivity contribution in [1.82, 2.24) is 10.2 Å². The summed E-state index contributed by atoms with van der Waals surface area (Å²) >= 11 is 0. The number of carbonyl (C=O) groups excluding carboxylic acids is 1. The molecule has 1 amide bonds. The lowest BCUT2D eigenvalue weighted by Gasteiger charge is -2.25. The number of H-pyrrole nitrogens is 1. The fourth-order valence-electron chi connectivity index (χ4n) is 2.29. The zero-order chi connectivity index (χ0) is 11.1. The standard InChI is InChI=1S/C11H15N3O2/c15-6-9-8-2-1-5-14(10(8)13-12-9)11(16)7-3-4-7/h7,15H,1-6H2,(H,12,13). The number of hydrogen-bond acceptors (Lipinski definition) is 3. The SMILES string of the molecule is O=C(C1CC1)N1CCCc2c1n[nH]c2CO. The van der Waals surface area contributed by atoms with E-state index in [1.54, 1.807) is 4.90 Å². The number of anilines is 1. The average molecular weight is 221 g/mol. The summed E-state index contributed by atoms with van der Waals surface area (Å²) in [4.78, 5) is 13.8. The molecule has 0 spiro atoms. The first-order chi connectivity index (χ1) is 7.81. The van der Waals surface area contributed by atoms with Crippen molar-refractivity contribution in [1.29, 1.82) is 0 Å². The molecule has 16 heavy (non-hydrogen) atoms. The molecule has 1 fully saturated rings. The molecule has 1 aromatic heterocycles. The van der Waals surface area contributed by atoms with Crippen molar-refractivity contribution < 1.29 is 9.90 Å². The fraction of sp³-hybridized carbons (Fsp3) is 0.636. The molecule has 86 valence electrons. The van der Waals surface area contributed by atoms with E-state index in [0.29, 0.717) is 0 Å². The minimum Gasteiger partial charge on any atom is -0.390 e. The maximum Gasteiger partial charge on any atom is 0.231 e. The van der Waals surface area contributed by atoms with Gasteiger partial charge < -0.3 is 5.11 Å². The van der Waals surface area contributed by atoms with Gasteiger partial charge in [0.25, 0.3) is 0 Å². The van der Waals surface area contributed by atoms with E-state index >= 15 is 0 Å². The molecule has 3 rings (SSSR count). The van der Waals surface area contributed by atoms with Gasteiger partial charge in [0.05, 0.1) is 12.3 Å². The highest BCUT2D eigenvalue weighted by molar-refractivity contribution is 5.96. The molecule has 2 N–H and O–H groups in total. The normalized spacial score (nSPS) is 19.7. The van der Waals surface area contributed by atoms with Crippen molar-refractivity contribution in [2.45, 2.75) is 32.3 Å². The van der Waals surface area contributed by atoms with E-state index < -0.39 is 0 Å². The first kappa shape index (κ1) is 9.84. The summed E-state index contributed by atoms with van der Waals surface area (Å²) in [6.07, 6.45) is 3.89. The van der Waals surface area contributed by atoms with Gasteiger partial charge in [0.2, 0.25) is 5.91 Å². The maximum atomic E-state index is 12.0. The Hall–Kier alpha value is -1.36. The highest BCUT2D eigenvalue weighted by Gasteiger charge is 2.37. The largest absolute Gasteiger partial charge is 0.390 e. The summed E-state index contributed by atoms with van der Waals surface area (Å²) in [5.41, 5.74) is 1.77. The number of aliphatic hydroxyl groups excluding tert-OH is 1. The second-order valence-corrected chi connectivity index (χ2v) is 4.53. The first-order valence-corrected chi connectivity index (χ1v) is 5.79. The lowest BCUT2D eigenvalue weighted by atomic mass is 10.0. The fourth-order valence-corrected chi connectivity index (χ4v) is 2.29. The Kier molecular flexibility index (Phi) is 2.21. The monoisotopic (exact) mass is 221 g/mol. The number of fused-ring (bicyclic) bond motifs is 1. The smallest absolute Gasteiger partial charge is 0.231 e. The number of aliphatic hydroxyl groups is 1. The third-order valence-electron chi connectivity index (χ3n) is 3.35. The van der Waals surface area contributed by atoms with Gasteiger partial charge in [-0.1, -0.05) is 0 Å². The molecule has 0 unspecified atom stereocenters. The Bertz CT molecular complexity index is 423. The van der Waals surface area contributed by atoms with E-state index in [2.05, 4.69) is 10.2 Å². The molecule has 1 aromatic rings. The topological polar surface area (TPSA) is 69.2 Å². The molecule has 0 aromatic carbocycles. The van der Waals surface area contributed by atoms with Crippen LogP contribution in [0.4, 0.5) is 5.82 Å². The van der Waals surface area contributed by atoms with E-state index in [1.807, 2.05) is 0 Å². The van der Waals surface area contributed by atoms with Gasteiger partial charge in [0.1, 0.15) is 0 Å². The van der Waals surface area contributed by atoms with Gasteiger partial charge in [0, 0.05) is 18.0 Å². The number of carbonyl (C=O) groups is 1. The van der Waals surface area contributed by atoms with Crippen molar-refractivity contribution in [3.8, 4) is 0 Å². The molecule has 1 saturated carbocycles. The summed E-state index contributed by atoms with van der Waals surface area (Å²) in [5, 5.41) is 16.1. The van der Waals surface area contributed by atoms with Crippen molar-refractivity contribution in [3.63, 3.8) is 0 Å². The summed E-state index contributed by atoms with van der Waals surface area (Å²) in [5.74, 6) is 1.17. The van der Waals surface area contributed by atoms with Gasteiger partial charge in [-0.25, -0.2) is 0 Å². The van der Waals surface area contributed by atoms with Crippen molar-refractivity contribution in [2.75, 3.05) is 11.4 Å². The predicted molar refractivity (Wildman–Crippen MR) is 57.9 cm³/mol. The molecule has 0 atom stereocenters.